The lowest BCUT2D eigenvalue weighted by Gasteiger charge is -2.14. The number of benzene rings is 2. The van der Waals surface area contributed by atoms with Crippen LogP contribution in [0.5, 0.6) is 5.75 Å². The monoisotopic (exact) mass is 324 g/mol. The van der Waals surface area contributed by atoms with E-state index in [0.29, 0.717) is 5.75 Å². The average molecular weight is 324 g/mol. The first-order valence-electron chi connectivity index (χ1n) is 6.70. The van der Waals surface area contributed by atoms with Crippen molar-refractivity contribution in [3.8, 4) is 5.75 Å². The number of nitro groups is 1. The molecule has 0 fully saturated rings. The molecule has 0 aliphatic carbocycles. The van der Waals surface area contributed by atoms with Gasteiger partial charge in [0.05, 0.1) is 11.0 Å². The number of hydrogen-bond donors (Lipinski definition) is 2. The summed E-state index contributed by atoms with van der Waals surface area (Å²) in [5.74, 6) is -0.733. The molecule has 122 valence electrons. The lowest BCUT2D eigenvalue weighted by atomic mass is 10.2. The molecule has 1 atom stereocenters. The maximum atomic E-state index is 13.0. The lowest BCUT2D eigenvalue weighted by molar-refractivity contribution is -0.384. The van der Waals surface area contributed by atoms with Crippen molar-refractivity contribution in [3.05, 3.63) is 64.2 Å². The molecule has 1 unspecified atom stereocenters. The number of halogens is 2. The second kappa shape index (κ2) is 7.50. The summed E-state index contributed by atoms with van der Waals surface area (Å²) in [6.45, 7) is -0.124. The van der Waals surface area contributed by atoms with E-state index in [1.165, 1.54) is 30.3 Å². The van der Waals surface area contributed by atoms with Gasteiger partial charge in [0, 0.05) is 6.54 Å². The van der Waals surface area contributed by atoms with Crippen LogP contribution < -0.4 is 10.1 Å². The first-order chi connectivity index (χ1) is 11.0. The van der Waals surface area contributed by atoms with Gasteiger partial charge in [0.2, 0.25) is 0 Å². The fraction of sp³-hybridized carbons (Fsp3) is 0.200. The van der Waals surface area contributed by atoms with Crippen LogP contribution in [0.4, 0.5) is 20.2 Å². The Labute approximate surface area is 130 Å². The van der Waals surface area contributed by atoms with E-state index >= 15 is 0 Å². The third-order valence-electron chi connectivity index (χ3n) is 2.94. The van der Waals surface area contributed by atoms with Crippen molar-refractivity contribution in [1.29, 1.82) is 0 Å². The van der Waals surface area contributed by atoms with Crippen molar-refractivity contribution in [2.45, 2.75) is 6.10 Å². The molecule has 0 saturated carbocycles. The van der Waals surface area contributed by atoms with Crippen LogP contribution in [-0.2, 0) is 0 Å². The molecule has 2 N–H and O–H groups in total. The van der Waals surface area contributed by atoms with Gasteiger partial charge in [-0.15, -0.1) is 0 Å². The molecule has 0 bridgehead atoms. The standard InChI is InChI=1S/C15H14F2N2O4/c16-10-1-4-13(5-2-10)23-9-12(20)8-18-14-6-3-11(17)7-15(14)19(21)22/h1-7,12,18,20H,8-9H2. The molecule has 2 aromatic carbocycles. The number of nitro benzene ring substituents is 1. The molecule has 2 aromatic rings. The number of anilines is 1. The number of aliphatic hydroxyl groups excluding tert-OH is 1. The minimum atomic E-state index is -0.968. The molecule has 23 heavy (non-hydrogen) atoms. The fourth-order valence-electron chi connectivity index (χ4n) is 1.82. The number of ether oxygens (including phenoxy) is 1. The number of aliphatic hydroxyl groups is 1. The average Bonchev–Trinajstić information content (AvgIpc) is 2.53. The molecular formula is C15H14F2N2O4. The van der Waals surface area contributed by atoms with Crippen LogP contribution in [0.25, 0.3) is 0 Å². The van der Waals surface area contributed by atoms with Crippen LogP contribution in [0, 0.1) is 21.7 Å². The Bertz CT molecular complexity index is 680. The first-order valence-corrected chi connectivity index (χ1v) is 6.70. The largest absolute Gasteiger partial charge is 0.491 e. The highest BCUT2D eigenvalue weighted by molar-refractivity contribution is 5.61. The topological polar surface area (TPSA) is 84.6 Å². The van der Waals surface area contributed by atoms with Crippen molar-refractivity contribution >= 4 is 11.4 Å². The molecule has 0 saturated heterocycles. The van der Waals surface area contributed by atoms with Gasteiger partial charge in [0.1, 0.15) is 35.8 Å². The predicted molar refractivity (Wildman–Crippen MR) is 79.4 cm³/mol. The van der Waals surface area contributed by atoms with Gasteiger partial charge in [0.25, 0.3) is 5.69 Å². The maximum absolute atomic E-state index is 13.0. The van der Waals surface area contributed by atoms with Gasteiger partial charge < -0.3 is 15.2 Å². The summed E-state index contributed by atoms with van der Waals surface area (Å²) in [5, 5.41) is 23.3. The van der Waals surface area contributed by atoms with E-state index in [0.717, 1.165) is 12.1 Å². The summed E-state index contributed by atoms with van der Waals surface area (Å²) < 4.78 is 31.0. The Hall–Kier alpha value is -2.74. The third kappa shape index (κ3) is 4.89. The van der Waals surface area contributed by atoms with Crippen LogP contribution in [0.2, 0.25) is 0 Å². The summed E-state index contributed by atoms with van der Waals surface area (Å²) in [4.78, 5) is 10.1. The van der Waals surface area contributed by atoms with Crippen LogP contribution in [0.1, 0.15) is 0 Å². The van der Waals surface area contributed by atoms with Crippen LogP contribution in [-0.4, -0.2) is 29.3 Å². The zero-order chi connectivity index (χ0) is 16.8. The normalized spacial score (nSPS) is 11.8. The van der Waals surface area contributed by atoms with Crippen molar-refractivity contribution < 1.29 is 23.5 Å². The summed E-state index contributed by atoms with van der Waals surface area (Å²) in [5.41, 5.74) is -0.325. The summed E-state index contributed by atoms with van der Waals surface area (Å²) in [6, 6.07) is 8.38. The molecule has 0 radical (unpaired) electrons. The molecule has 0 aromatic heterocycles. The van der Waals surface area contributed by atoms with Gasteiger partial charge in [-0.3, -0.25) is 10.1 Å². The van der Waals surface area contributed by atoms with Gasteiger partial charge in [-0.05, 0) is 36.4 Å². The van der Waals surface area contributed by atoms with Crippen molar-refractivity contribution in [2.75, 3.05) is 18.5 Å². The predicted octanol–water partition coefficient (Wildman–Crippen LogP) is 2.72. The highest BCUT2D eigenvalue weighted by atomic mass is 19.1. The van der Waals surface area contributed by atoms with Crippen LogP contribution in [0.3, 0.4) is 0 Å². The Morgan fingerprint density at radius 3 is 2.48 bits per heavy atom. The van der Waals surface area contributed by atoms with Gasteiger partial charge in [0.15, 0.2) is 0 Å². The number of nitrogens with one attached hydrogen (secondary N) is 1. The van der Waals surface area contributed by atoms with Gasteiger partial charge in [-0.1, -0.05) is 0 Å². The molecule has 0 amide bonds. The Kier molecular flexibility index (Phi) is 5.42. The Morgan fingerprint density at radius 2 is 1.83 bits per heavy atom. The van der Waals surface area contributed by atoms with E-state index in [2.05, 4.69) is 5.32 Å². The van der Waals surface area contributed by atoms with Gasteiger partial charge >= 0.3 is 0 Å². The molecule has 2 rings (SSSR count). The smallest absolute Gasteiger partial charge is 0.295 e. The first kappa shape index (κ1) is 16.6. The van der Waals surface area contributed by atoms with E-state index < -0.39 is 28.3 Å². The minimum absolute atomic E-state index is 0.0341. The lowest BCUT2D eigenvalue weighted by Crippen LogP contribution is -2.26. The highest BCUT2D eigenvalue weighted by Crippen LogP contribution is 2.24. The Balaban J connectivity index is 1.88. The molecule has 0 spiro atoms. The van der Waals surface area contributed by atoms with Crippen molar-refractivity contribution in [3.63, 3.8) is 0 Å². The number of nitrogens with zero attached hydrogens (tertiary/aromatic N) is 1. The number of hydrogen-bond acceptors (Lipinski definition) is 5. The number of rotatable bonds is 7. The molecule has 6 nitrogen and oxygen atoms in total. The third-order valence-corrected chi connectivity index (χ3v) is 2.94. The van der Waals surface area contributed by atoms with Gasteiger partial charge in [-0.2, -0.15) is 0 Å². The summed E-state index contributed by atoms with van der Waals surface area (Å²) >= 11 is 0. The second-order valence-electron chi connectivity index (χ2n) is 4.72. The maximum Gasteiger partial charge on any atom is 0.295 e. The summed E-state index contributed by atoms with van der Waals surface area (Å²) in [6.07, 6.45) is -0.968. The SMILES string of the molecule is O=[N+]([O-])c1cc(F)ccc1NCC(O)COc1ccc(F)cc1. The summed E-state index contributed by atoms with van der Waals surface area (Å²) in [7, 11) is 0. The zero-order valence-electron chi connectivity index (χ0n) is 11.9. The fourth-order valence-corrected chi connectivity index (χ4v) is 1.82. The second-order valence-corrected chi connectivity index (χ2v) is 4.72. The van der Waals surface area contributed by atoms with E-state index in [4.69, 9.17) is 4.74 Å². The minimum Gasteiger partial charge on any atom is -0.491 e. The molecular weight excluding hydrogens is 310 g/mol. The quantitative estimate of drug-likeness (QED) is 0.604. The Morgan fingerprint density at radius 1 is 1.17 bits per heavy atom. The zero-order valence-corrected chi connectivity index (χ0v) is 11.9. The highest BCUT2D eigenvalue weighted by Gasteiger charge is 2.16. The molecule has 0 heterocycles. The molecule has 0 aliphatic heterocycles. The van der Waals surface area contributed by atoms with E-state index in [9.17, 15) is 24.0 Å². The van der Waals surface area contributed by atoms with Crippen LogP contribution in [0.15, 0.2) is 42.5 Å². The molecule has 8 heteroatoms. The van der Waals surface area contributed by atoms with Gasteiger partial charge in [-0.25, -0.2) is 8.78 Å². The van der Waals surface area contributed by atoms with Crippen molar-refractivity contribution in [1.82, 2.24) is 0 Å². The van der Waals surface area contributed by atoms with Crippen molar-refractivity contribution in [2.24, 2.45) is 0 Å². The van der Waals surface area contributed by atoms with E-state index in [-0.39, 0.29) is 18.8 Å². The van der Waals surface area contributed by atoms with E-state index in [1.54, 1.807) is 0 Å². The van der Waals surface area contributed by atoms with Crippen LogP contribution >= 0.6 is 0 Å². The molecule has 0 aliphatic rings. The van der Waals surface area contributed by atoms with E-state index in [1.807, 2.05) is 0 Å².